The number of oxazole rings is 1. The maximum Gasteiger partial charge on any atom is 0.227 e. The van der Waals surface area contributed by atoms with Crippen molar-refractivity contribution in [3.05, 3.63) is 90.4 Å². The van der Waals surface area contributed by atoms with Crippen LogP contribution in [0.15, 0.2) is 77.2 Å². The summed E-state index contributed by atoms with van der Waals surface area (Å²) in [6.45, 7) is 2.12. The predicted molar refractivity (Wildman–Crippen MR) is 114 cm³/mol. The molecule has 0 atom stereocenters. The standard InChI is InChI=1S/C25H16NO.H2/c1-15-6-7-18-13-21(17-8-9-17)22(14-19(18)12-15)25-26-24-20-5-3-2-4-16(20)10-11-23(24)27-25;/h2-14H,1H3;1H. The highest BCUT2D eigenvalue weighted by Gasteiger charge is 2.21. The Hall–Kier alpha value is -3.39. The van der Waals surface area contributed by atoms with Gasteiger partial charge >= 0.3 is 0 Å². The SMILES string of the molecule is Cc1ccc2cc(C3=C[CH]3)c(-c3nc4c(ccc5ccccc54)o3)cc2c1.[HH]. The van der Waals surface area contributed by atoms with Crippen LogP contribution < -0.4 is 0 Å². The molecule has 1 heterocycles. The van der Waals surface area contributed by atoms with Crippen LogP contribution >= 0.6 is 0 Å². The fourth-order valence-electron chi connectivity index (χ4n) is 3.83. The van der Waals surface area contributed by atoms with Crippen LogP contribution in [-0.2, 0) is 0 Å². The Labute approximate surface area is 158 Å². The molecule has 0 saturated heterocycles. The van der Waals surface area contributed by atoms with E-state index in [0.717, 1.165) is 22.0 Å². The zero-order valence-electron chi connectivity index (χ0n) is 14.9. The van der Waals surface area contributed by atoms with Gasteiger partial charge < -0.3 is 4.42 Å². The van der Waals surface area contributed by atoms with E-state index >= 15 is 0 Å². The fraction of sp³-hybridized carbons (Fsp3) is 0.0400. The molecule has 5 aromatic rings. The predicted octanol–water partition coefficient (Wildman–Crippen LogP) is 6.96. The Morgan fingerprint density at radius 1 is 0.815 bits per heavy atom. The second-order valence-corrected chi connectivity index (χ2v) is 7.19. The molecule has 1 aliphatic carbocycles. The second kappa shape index (κ2) is 5.31. The van der Waals surface area contributed by atoms with Gasteiger partial charge in [-0.25, -0.2) is 4.98 Å². The topological polar surface area (TPSA) is 26.0 Å². The zero-order valence-corrected chi connectivity index (χ0v) is 14.9. The van der Waals surface area contributed by atoms with E-state index in [1.807, 2.05) is 18.2 Å². The molecule has 6 rings (SSSR count). The Morgan fingerprint density at radius 3 is 2.52 bits per heavy atom. The average molecular weight is 348 g/mol. The summed E-state index contributed by atoms with van der Waals surface area (Å²) in [4.78, 5) is 4.90. The normalized spacial score (nSPS) is 13.4. The van der Waals surface area contributed by atoms with Gasteiger partial charge in [-0.05, 0) is 52.4 Å². The molecule has 0 fully saturated rings. The van der Waals surface area contributed by atoms with E-state index in [4.69, 9.17) is 9.40 Å². The van der Waals surface area contributed by atoms with E-state index in [1.165, 1.54) is 32.9 Å². The summed E-state index contributed by atoms with van der Waals surface area (Å²) >= 11 is 0. The van der Waals surface area contributed by atoms with Gasteiger partial charge in [-0.15, -0.1) is 0 Å². The third kappa shape index (κ3) is 2.30. The molecule has 0 unspecified atom stereocenters. The number of rotatable bonds is 2. The summed E-state index contributed by atoms with van der Waals surface area (Å²) in [5.74, 6) is 0.681. The van der Waals surface area contributed by atoms with Crippen molar-refractivity contribution >= 4 is 38.2 Å². The maximum absolute atomic E-state index is 6.21. The number of fused-ring (bicyclic) bond motifs is 4. The number of aryl methyl sites for hydroxylation is 1. The lowest BCUT2D eigenvalue weighted by Gasteiger charge is -2.07. The van der Waals surface area contributed by atoms with Gasteiger partial charge in [0, 0.05) is 18.8 Å². The van der Waals surface area contributed by atoms with Gasteiger partial charge in [-0.3, -0.25) is 0 Å². The number of aromatic nitrogens is 1. The minimum absolute atomic E-state index is 0. The fourth-order valence-corrected chi connectivity index (χ4v) is 3.83. The van der Waals surface area contributed by atoms with E-state index in [1.54, 1.807) is 0 Å². The van der Waals surface area contributed by atoms with E-state index in [0.29, 0.717) is 5.89 Å². The molecule has 1 radical (unpaired) electrons. The Balaban J connectivity index is 0.00000171. The molecule has 4 aromatic carbocycles. The van der Waals surface area contributed by atoms with Crippen molar-refractivity contribution in [2.45, 2.75) is 6.92 Å². The largest absolute Gasteiger partial charge is 0.436 e. The van der Waals surface area contributed by atoms with Crippen LogP contribution in [-0.4, -0.2) is 4.98 Å². The molecule has 0 spiro atoms. The van der Waals surface area contributed by atoms with Gasteiger partial charge in [0.15, 0.2) is 5.58 Å². The monoisotopic (exact) mass is 348 g/mol. The quantitative estimate of drug-likeness (QED) is 0.345. The lowest BCUT2D eigenvalue weighted by molar-refractivity contribution is 0.620. The van der Waals surface area contributed by atoms with Crippen LogP contribution in [0.1, 0.15) is 12.6 Å². The van der Waals surface area contributed by atoms with Crippen molar-refractivity contribution in [2.24, 2.45) is 0 Å². The molecular weight excluding hydrogens is 330 g/mol. The Bertz CT molecular complexity index is 1410. The first-order chi connectivity index (χ1) is 13.3. The molecular formula is C25H18NO. The van der Waals surface area contributed by atoms with E-state index in [-0.39, 0.29) is 1.43 Å². The van der Waals surface area contributed by atoms with Crippen molar-refractivity contribution < 1.29 is 5.84 Å². The summed E-state index contributed by atoms with van der Waals surface area (Å²) in [5, 5.41) is 4.75. The lowest BCUT2D eigenvalue weighted by Crippen LogP contribution is -1.87. The molecule has 0 saturated carbocycles. The molecule has 27 heavy (non-hydrogen) atoms. The van der Waals surface area contributed by atoms with Crippen LogP contribution in [0, 0.1) is 13.3 Å². The molecule has 1 aliphatic rings. The summed E-state index contributed by atoms with van der Waals surface area (Å²) in [5.41, 5.74) is 6.48. The van der Waals surface area contributed by atoms with Gasteiger partial charge in [0.1, 0.15) is 5.52 Å². The highest BCUT2D eigenvalue weighted by molar-refractivity contribution is 6.05. The minimum atomic E-state index is 0. The Kier molecular flexibility index (Phi) is 2.90. The Morgan fingerprint density at radius 2 is 1.63 bits per heavy atom. The van der Waals surface area contributed by atoms with E-state index in [2.05, 4.69) is 68.0 Å². The van der Waals surface area contributed by atoms with Crippen LogP contribution in [0.5, 0.6) is 0 Å². The van der Waals surface area contributed by atoms with E-state index < -0.39 is 0 Å². The number of allylic oxidation sites excluding steroid dienone is 2. The van der Waals surface area contributed by atoms with Crippen molar-refractivity contribution in [2.75, 3.05) is 0 Å². The van der Waals surface area contributed by atoms with Gasteiger partial charge in [0.2, 0.25) is 5.89 Å². The third-order valence-electron chi connectivity index (χ3n) is 5.29. The first-order valence-corrected chi connectivity index (χ1v) is 9.15. The highest BCUT2D eigenvalue weighted by Crippen LogP contribution is 2.40. The number of benzene rings is 4. The summed E-state index contributed by atoms with van der Waals surface area (Å²) < 4.78 is 6.21. The first-order valence-electron chi connectivity index (χ1n) is 9.15. The maximum atomic E-state index is 6.21. The molecule has 129 valence electrons. The molecule has 0 aliphatic heterocycles. The molecule has 0 N–H and O–H groups in total. The smallest absolute Gasteiger partial charge is 0.227 e. The van der Waals surface area contributed by atoms with Crippen molar-refractivity contribution in [3.8, 4) is 11.5 Å². The summed E-state index contributed by atoms with van der Waals surface area (Å²) in [6.07, 6.45) is 4.27. The van der Waals surface area contributed by atoms with Crippen LogP contribution in [0.3, 0.4) is 0 Å². The van der Waals surface area contributed by atoms with Gasteiger partial charge in [0.05, 0.1) is 0 Å². The van der Waals surface area contributed by atoms with Crippen molar-refractivity contribution in [1.29, 1.82) is 0 Å². The van der Waals surface area contributed by atoms with Gasteiger partial charge in [0.25, 0.3) is 0 Å². The lowest BCUT2D eigenvalue weighted by atomic mass is 9.98. The molecule has 2 heteroatoms. The highest BCUT2D eigenvalue weighted by atomic mass is 16.3. The molecule has 0 bridgehead atoms. The number of hydrogen-bond donors (Lipinski definition) is 0. The van der Waals surface area contributed by atoms with Crippen LogP contribution in [0.2, 0.25) is 0 Å². The van der Waals surface area contributed by atoms with Crippen LogP contribution in [0.4, 0.5) is 0 Å². The average Bonchev–Trinajstić information content (AvgIpc) is 3.44. The van der Waals surface area contributed by atoms with E-state index in [9.17, 15) is 0 Å². The second-order valence-electron chi connectivity index (χ2n) is 7.19. The molecule has 1 aromatic heterocycles. The minimum Gasteiger partial charge on any atom is -0.436 e. The number of hydrogen-bond acceptors (Lipinski definition) is 2. The summed E-state index contributed by atoms with van der Waals surface area (Å²) in [6, 6.07) is 23.4. The number of nitrogens with zero attached hydrogens (tertiary/aromatic N) is 1. The van der Waals surface area contributed by atoms with Gasteiger partial charge in [-0.1, -0.05) is 60.2 Å². The van der Waals surface area contributed by atoms with Crippen molar-refractivity contribution in [3.63, 3.8) is 0 Å². The van der Waals surface area contributed by atoms with Crippen LogP contribution in [0.25, 0.3) is 49.7 Å². The first kappa shape index (κ1) is 14.7. The van der Waals surface area contributed by atoms with Crippen molar-refractivity contribution in [1.82, 2.24) is 4.98 Å². The third-order valence-corrected chi connectivity index (χ3v) is 5.29. The zero-order chi connectivity index (χ0) is 18.0. The van der Waals surface area contributed by atoms with Gasteiger partial charge in [-0.2, -0.15) is 0 Å². The molecule has 0 amide bonds. The summed E-state index contributed by atoms with van der Waals surface area (Å²) in [7, 11) is 0. The molecule has 2 nitrogen and oxygen atoms in total.